The largest absolute Gasteiger partial charge is 0.491 e. The highest BCUT2D eigenvalue weighted by molar-refractivity contribution is 14.0. The lowest BCUT2D eigenvalue weighted by molar-refractivity contribution is 0.146. The molecule has 0 saturated heterocycles. The number of rotatable bonds is 10. The number of aryl methyl sites for hydroxylation is 1. The van der Waals surface area contributed by atoms with Crippen LogP contribution in [0.3, 0.4) is 0 Å². The van der Waals surface area contributed by atoms with Crippen LogP contribution in [0.2, 0.25) is 0 Å². The summed E-state index contributed by atoms with van der Waals surface area (Å²) in [6.07, 6.45) is 0.996. The Balaban J connectivity index is 0.00000392. The van der Waals surface area contributed by atoms with E-state index in [1.54, 1.807) is 7.11 Å². The van der Waals surface area contributed by atoms with Gasteiger partial charge in [0.15, 0.2) is 5.96 Å². The van der Waals surface area contributed by atoms with Crippen LogP contribution in [0.15, 0.2) is 41.4 Å². The molecule has 1 aromatic heterocycles. The molecule has 156 valence electrons. The standard InChI is InChI=1S/C21H31N3O2S.HI/c1-5-22-21(24-16(2)14-20-11-6-17(3)27-20)23-15-18-7-9-19(10-8-18)26-13-12-25-4;/h6-11,16H,5,12-15H2,1-4H3,(H2,22,23,24);1H. The maximum absolute atomic E-state index is 5.59. The Morgan fingerprint density at radius 1 is 1.14 bits per heavy atom. The van der Waals surface area contributed by atoms with Crippen molar-refractivity contribution in [3.8, 4) is 5.75 Å². The van der Waals surface area contributed by atoms with Gasteiger partial charge in [0.1, 0.15) is 12.4 Å². The van der Waals surface area contributed by atoms with Crippen LogP contribution >= 0.6 is 35.3 Å². The molecule has 1 atom stereocenters. The number of thiophene rings is 1. The SMILES string of the molecule is CCNC(=NCc1ccc(OCCOC)cc1)NC(C)Cc1ccc(C)s1.I. The van der Waals surface area contributed by atoms with Crippen LogP contribution in [-0.2, 0) is 17.7 Å². The molecular formula is C21H32IN3O2S. The van der Waals surface area contributed by atoms with E-state index >= 15 is 0 Å². The highest BCUT2D eigenvalue weighted by Gasteiger charge is 2.08. The second-order valence-electron chi connectivity index (χ2n) is 6.44. The van der Waals surface area contributed by atoms with Gasteiger partial charge in [-0.15, -0.1) is 35.3 Å². The quantitative estimate of drug-likeness (QED) is 0.213. The van der Waals surface area contributed by atoms with Gasteiger partial charge in [-0.3, -0.25) is 0 Å². The van der Waals surface area contributed by atoms with Gasteiger partial charge < -0.3 is 20.1 Å². The summed E-state index contributed by atoms with van der Waals surface area (Å²) in [5, 5.41) is 6.82. The first-order valence-electron chi connectivity index (χ1n) is 9.41. The van der Waals surface area contributed by atoms with E-state index in [1.165, 1.54) is 9.75 Å². The summed E-state index contributed by atoms with van der Waals surface area (Å²) in [5.41, 5.74) is 1.15. The molecule has 0 bridgehead atoms. The number of nitrogens with one attached hydrogen (secondary N) is 2. The summed E-state index contributed by atoms with van der Waals surface area (Å²) < 4.78 is 10.6. The van der Waals surface area contributed by atoms with Gasteiger partial charge in [0.05, 0.1) is 13.2 Å². The summed E-state index contributed by atoms with van der Waals surface area (Å²) in [7, 11) is 1.67. The maximum Gasteiger partial charge on any atom is 0.191 e. The van der Waals surface area contributed by atoms with Gasteiger partial charge in [-0.25, -0.2) is 4.99 Å². The highest BCUT2D eigenvalue weighted by Crippen LogP contribution is 2.16. The van der Waals surface area contributed by atoms with E-state index in [1.807, 2.05) is 35.6 Å². The van der Waals surface area contributed by atoms with E-state index < -0.39 is 0 Å². The first-order valence-corrected chi connectivity index (χ1v) is 10.2. The molecule has 1 unspecified atom stereocenters. The van der Waals surface area contributed by atoms with Crippen LogP contribution in [0.4, 0.5) is 0 Å². The summed E-state index contributed by atoms with van der Waals surface area (Å²) in [4.78, 5) is 7.46. The number of hydrogen-bond acceptors (Lipinski definition) is 4. The Hall–Kier alpha value is -1.32. The molecule has 28 heavy (non-hydrogen) atoms. The third-order valence-electron chi connectivity index (χ3n) is 3.93. The second-order valence-corrected chi connectivity index (χ2v) is 7.81. The molecule has 1 heterocycles. The predicted molar refractivity (Wildman–Crippen MR) is 129 cm³/mol. The maximum atomic E-state index is 5.59. The molecule has 7 heteroatoms. The zero-order valence-corrected chi connectivity index (χ0v) is 20.3. The van der Waals surface area contributed by atoms with Gasteiger partial charge in [0, 0.05) is 35.9 Å². The molecule has 0 aliphatic heterocycles. The van der Waals surface area contributed by atoms with Crippen LogP contribution in [0.1, 0.15) is 29.2 Å². The lowest BCUT2D eigenvalue weighted by Crippen LogP contribution is -2.43. The molecule has 2 rings (SSSR count). The van der Waals surface area contributed by atoms with Crippen molar-refractivity contribution in [3.63, 3.8) is 0 Å². The fourth-order valence-corrected chi connectivity index (χ4v) is 3.62. The third kappa shape index (κ3) is 9.25. The van der Waals surface area contributed by atoms with E-state index in [9.17, 15) is 0 Å². The van der Waals surface area contributed by atoms with Crippen molar-refractivity contribution >= 4 is 41.3 Å². The Kier molecular flexibility index (Phi) is 12.2. The molecule has 0 spiro atoms. The molecule has 0 saturated carbocycles. The first-order chi connectivity index (χ1) is 13.1. The third-order valence-corrected chi connectivity index (χ3v) is 4.95. The minimum atomic E-state index is 0. The summed E-state index contributed by atoms with van der Waals surface area (Å²) in [6, 6.07) is 12.7. The topological polar surface area (TPSA) is 54.9 Å². The van der Waals surface area contributed by atoms with Crippen LogP contribution < -0.4 is 15.4 Å². The second kappa shape index (κ2) is 13.8. The lowest BCUT2D eigenvalue weighted by Gasteiger charge is -2.17. The van der Waals surface area contributed by atoms with Crippen molar-refractivity contribution in [1.29, 1.82) is 0 Å². The molecule has 0 radical (unpaired) electrons. The molecule has 0 aliphatic carbocycles. The fourth-order valence-electron chi connectivity index (χ4n) is 2.61. The van der Waals surface area contributed by atoms with Gasteiger partial charge >= 0.3 is 0 Å². The Morgan fingerprint density at radius 2 is 1.89 bits per heavy atom. The Labute approximate surface area is 190 Å². The van der Waals surface area contributed by atoms with Gasteiger partial charge in [-0.1, -0.05) is 12.1 Å². The Morgan fingerprint density at radius 3 is 2.50 bits per heavy atom. The van der Waals surface area contributed by atoms with Crippen molar-refractivity contribution in [1.82, 2.24) is 10.6 Å². The molecule has 0 fully saturated rings. The van der Waals surface area contributed by atoms with Gasteiger partial charge in [-0.2, -0.15) is 0 Å². The van der Waals surface area contributed by atoms with Crippen LogP contribution in [0, 0.1) is 6.92 Å². The van der Waals surface area contributed by atoms with Gasteiger partial charge in [0.25, 0.3) is 0 Å². The number of guanidine groups is 1. The fraction of sp³-hybridized carbons (Fsp3) is 0.476. The average molecular weight is 517 g/mol. The highest BCUT2D eigenvalue weighted by atomic mass is 127. The van der Waals surface area contributed by atoms with E-state index in [0.717, 1.165) is 30.2 Å². The van der Waals surface area contributed by atoms with E-state index in [0.29, 0.717) is 25.8 Å². The molecule has 2 N–H and O–H groups in total. The monoisotopic (exact) mass is 517 g/mol. The lowest BCUT2D eigenvalue weighted by atomic mass is 10.2. The number of benzene rings is 1. The molecular weight excluding hydrogens is 485 g/mol. The van der Waals surface area contributed by atoms with E-state index in [2.05, 4.69) is 43.5 Å². The van der Waals surface area contributed by atoms with Crippen molar-refractivity contribution < 1.29 is 9.47 Å². The minimum absolute atomic E-state index is 0. The number of hydrogen-bond donors (Lipinski definition) is 2. The average Bonchev–Trinajstić information content (AvgIpc) is 3.06. The van der Waals surface area contributed by atoms with E-state index in [4.69, 9.17) is 14.5 Å². The molecule has 2 aromatic rings. The van der Waals surface area contributed by atoms with Crippen molar-refractivity contribution in [3.05, 3.63) is 51.7 Å². The molecule has 0 amide bonds. The van der Waals surface area contributed by atoms with Crippen molar-refractivity contribution in [2.75, 3.05) is 26.9 Å². The zero-order chi connectivity index (χ0) is 19.5. The molecule has 1 aromatic carbocycles. The first kappa shape index (κ1) is 24.7. The van der Waals surface area contributed by atoms with Gasteiger partial charge in [0.2, 0.25) is 0 Å². The number of ether oxygens (including phenoxy) is 2. The van der Waals surface area contributed by atoms with E-state index in [-0.39, 0.29) is 24.0 Å². The zero-order valence-electron chi connectivity index (χ0n) is 17.2. The molecule has 0 aliphatic rings. The minimum Gasteiger partial charge on any atom is -0.491 e. The summed E-state index contributed by atoms with van der Waals surface area (Å²) >= 11 is 1.85. The normalized spacial score (nSPS) is 12.2. The van der Waals surface area contributed by atoms with Crippen LogP contribution in [-0.4, -0.2) is 38.9 Å². The number of aliphatic imine (C=N–C) groups is 1. The number of nitrogens with zero attached hydrogens (tertiary/aromatic N) is 1. The van der Waals surface area contributed by atoms with Crippen molar-refractivity contribution in [2.45, 2.75) is 39.8 Å². The van der Waals surface area contributed by atoms with Crippen molar-refractivity contribution in [2.24, 2.45) is 4.99 Å². The van der Waals surface area contributed by atoms with Gasteiger partial charge in [-0.05, 0) is 50.6 Å². The summed E-state index contributed by atoms with van der Waals surface area (Å²) in [5.74, 6) is 1.70. The Bertz CT molecular complexity index is 704. The van der Waals surface area contributed by atoms with Crippen LogP contribution in [0.5, 0.6) is 5.75 Å². The smallest absolute Gasteiger partial charge is 0.191 e. The number of halogens is 1. The predicted octanol–water partition coefficient (Wildman–Crippen LogP) is 4.39. The molecule has 5 nitrogen and oxygen atoms in total. The number of methoxy groups -OCH3 is 1. The summed E-state index contributed by atoms with van der Waals surface area (Å²) in [6.45, 7) is 9.02. The van der Waals surface area contributed by atoms with Crippen LogP contribution in [0.25, 0.3) is 0 Å².